The van der Waals surface area contributed by atoms with Crippen LogP contribution in [0.3, 0.4) is 0 Å². The van der Waals surface area contributed by atoms with E-state index >= 15 is 0 Å². The summed E-state index contributed by atoms with van der Waals surface area (Å²) in [6.45, 7) is 2.52. The van der Waals surface area contributed by atoms with Gasteiger partial charge in [0.2, 0.25) is 5.91 Å². The molecule has 0 unspecified atom stereocenters. The molecule has 112 valence electrons. The SMILES string of the molecule is O=C1CCCCCN1CCCNc1ccc2nncn2n1. The zero-order valence-electron chi connectivity index (χ0n) is 12.0. The van der Waals surface area contributed by atoms with Crippen LogP contribution in [0.15, 0.2) is 18.5 Å². The maximum atomic E-state index is 11.9. The lowest BCUT2D eigenvalue weighted by Gasteiger charge is -2.20. The standard InChI is InChI=1S/C14H20N6O/c21-14-5-2-1-3-9-19(14)10-4-8-15-12-6-7-13-17-16-11-20(13)18-12/h6-7,11H,1-5,8-10H2,(H,15,18). The molecule has 0 spiro atoms. The first-order valence-electron chi connectivity index (χ1n) is 7.52. The fraction of sp³-hybridized carbons (Fsp3) is 0.571. The third kappa shape index (κ3) is 3.48. The second-order valence-electron chi connectivity index (χ2n) is 5.32. The van der Waals surface area contributed by atoms with E-state index in [2.05, 4.69) is 20.6 Å². The molecular weight excluding hydrogens is 268 g/mol. The highest BCUT2D eigenvalue weighted by Crippen LogP contribution is 2.11. The quantitative estimate of drug-likeness (QED) is 0.840. The van der Waals surface area contributed by atoms with Gasteiger partial charge in [-0.2, -0.15) is 4.52 Å². The summed E-state index contributed by atoms with van der Waals surface area (Å²) in [4.78, 5) is 13.9. The van der Waals surface area contributed by atoms with Crippen molar-refractivity contribution in [2.24, 2.45) is 0 Å². The number of amides is 1. The van der Waals surface area contributed by atoms with Gasteiger partial charge < -0.3 is 10.2 Å². The Balaban J connectivity index is 1.46. The highest BCUT2D eigenvalue weighted by atomic mass is 16.2. The van der Waals surface area contributed by atoms with Crippen molar-refractivity contribution in [3.63, 3.8) is 0 Å². The number of nitrogens with zero attached hydrogens (tertiary/aromatic N) is 5. The predicted molar refractivity (Wildman–Crippen MR) is 78.9 cm³/mol. The molecule has 0 radical (unpaired) electrons. The molecule has 1 saturated heterocycles. The second-order valence-corrected chi connectivity index (χ2v) is 5.32. The minimum Gasteiger partial charge on any atom is -0.369 e. The van der Waals surface area contributed by atoms with Gasteiger partial charge in [0.25, 0.3) is 0 Å². The predicted octanol–water partition coefficient (Wildman–Crippen LogP) is 1.33. The molecule has 1 N–H and O–H groups in total. The highest BCUT2D eigenvalue weighted by molar-refractivity contribution is 5.76. The van der Waals surface area contributed by atoms with Crippen LogP contribution in [0.1, 0.15) is 32.1 Å². The summed E-state index contributed by atoms with van der Waals surface area (Å²) in [6.07, 6.45) is 6.55. The Morgan fingerprint density at radius 2 is 2.19 bits per heavy atom. The normalized spacial score (nSPS) is 16.2. The van der Waals surface area contributed by atoms with E-state index in [1.54, 1.807) is 10.8 Å². The number of carbonyl (C=O) groups is 1. The van der Waals surface area contributed by atoms with Crippen molar-refractivity contribution in [3.8, 4) is 0 Å². The number of nitrogens with one attached hydrogen (secondary N) is 1. The molecule has 2 aromatic heterocycles. The van der Waals surface area contributed by atoms with E-state index in [9.17, 15) is 4.79 Å². The zero-order chi connectivity index (χ0) is 14.5. The summed E-state index contributed by atoms with van der Waals surface area (Å²) in [5.41, 5.74) is 0.732. The number of fused-ring (bicyclic) bond motifs is 1. The third-order valence-corrected chi connectivity index (χ3v) is 3.74. The minimum atomic E-state index is 0.302. The van der Waals surface area contributed by atoms with Gasteiger partial charge in [-0.3, -0.25) is 4.79 Å². The van der Waals surface area contributed by atoms with Gasteiger partial charge >= 0.3 is 0 Å². The molecule has 7 nitrogen and oxygen atoms in total. The fourth-order valence-corrected chi connectivity index (χ4v) is 2.58. The maximum absolute atomic E-state index is 11.9. The highest BCUT2D eigenvalue weighted by Gasteiger charge is 2.15. The Kier molecular flexibility index (Phi) is 4.28. The minimum absolute atomic E-state index is 0.302. The van der Waals surface area contributed by atoms with Crippen molar-refractivity contribution in [2.75, 3.05) is 25.0 Å². The van der Waals surface area contributed by atoms with Gasteiger partial charge in [-0.15, -0.1) is 15.3 Å². The molecule has 3 heterocycles. The van der Waals surface area contributed by atoms with Gasteiger partial charge in [0.15, 0.2) is 5.65 Å². The Hall–Kier alpha value is -2.18. The molecule has 1 aliphatic rings. The number of aromatic nitrogens is 4. The molecule has 0 bridgehead atoms. The first kappa shape index (κ1) is 13.8. The van der Waals surface area contributed by atoms with Crippen molar-refractivity contribution < 1.29 is 4.79 Å². The zero-order valence-corrected chi connectivity index (χ0v) is 12.0. The molecule has 1 fully saturated rings. The van der Waals surface area contributed by atoms with E-state index < -0.39 is 0 Å². The van der Waals surface area contributed by atoms with Crippen molar-refractivity contribution in [1.82, 2.24) is 24.7 Å². The van der Waals surface area contributed by atoms with E-state index in [-0.39, 0.29) is 0 Å². The van der Waals surface area contributed by atoms with Crippen molar-refractivity contribution in [2.45, 2.75) is 32.1 Å². The third-order valence-electron chi connectivity index (χ3n) is 3.74. The summed E-state index contributed by atoms with van der Waals surface area (Å²) in [5.74, 6) is 1.10. The molecule has 21 heavy (non-hydrogen) atoms. The second kappa shape index (κ2) is 6.51. The number of rotatable bonds is 5. The number of hydrogen-bond donors (Lipinski definition) is 1. The van der Waals surface area contributed by atoms with Crippen LogP contribution >= 0.6 is 0 Å². The fourth-order valence-electron chi connectivity index (χ4n) is 2.58. The van der Waals surface area contributed by atoms with E-state index in [4.69, 9.17) is 0 Å². The molecule has 1 amide bonds. The van der Waals surface area contributed by atoms with E-state index in [0.717, 1.165) is 50.4 Å². The molecule has 3 rings (SSSR count). The number of carbonyl (C=O) groups excluding carboxylic acids is 1. The van der Waals surface area contributed by atoms with Crippen LogP contribution in [0.25, 0.3) is 5.65 Å². The van der Waals surface area contributed by atoms with Crippen LogP contribution < -0.4 is 5.32 Å². The number of anilines is 1. The molecule has 0 aromatic carbocycles. The van der Waals surface area contributed by atoms with Gasteiger partial charge in [0.05, 0.1) is 0 Å². The molecule has 7 heteroatoms. The van der Waals surface area contributed by atoms with Crippen molar-refractivity contribution in [1.29, 1.82) is 0 Å². The molecule has 0 atom stereocenters. The van der Waals surface area contributed by atoms with Gasteiger partial charge in [0, 0.05) is 26.1 Å². The van der Waals surface area contributed by atoms with Crippen LogP contribution in [-0.4, -0.2) is 50.3 Å². The van der Waals surface area contributed by atoms with Gasteiger partial charge in [-0.25, -0.2) is 0 Å². The van der Waals surface area contributed by atoms with Gasteiger partial charge in [-0.1, -0.05) is 6.42 Å². The molecule has 1 aliphatic heterocycles. The van der Waals surface area contributed by atoms with Crippen LogP contribution in [0.4, 0.5) is 5.82 Å². The van der Waals surface area contributed by atoms with Gasteiger partial charge in [0.1, 0.15) is 12.1 Å². The summed E-state index contributed by atoms with van der Waals surface area (Å²) in [5, 5.41) is 15.3. The van der Waals surface area contributed by atoms with Crippen LogP contribution in [0.2, 0.25) is 0 Å². The summed E-state index contributed by atoms with van der Waals surface area (Å²) >= 11 is 0. The number of hydrogen-bond acceptors (Lipinski definition) is 5. The number of likely N-dealkylation sites (tertiary alicyclic amines) is 1. The Morgan fingerprint density at radius 3 is 3.14 bits per heavy atom. The average Bonchev–Trinajstić information content (AvgIpc) is 2.86. The molecule has 2 aromatic rings. The first-order valence-corrected chi connectivity index (χ1v) is 7.52. The van der Waals surface area contributed by atoms with Gasteiger partial charge in [-0.05, 0) is 31.4 Å². The topological polar surface area (TPSA) is 75.4 Å². The summed E-state index contributed by atoms with van der Waals surface area (Å²) in [6, 6.07) is 3.77. The Bertz CT molecular complexity index is 610. The Morgan fingerprint density at radius 1 is 1.24 bits per heavy atom. The van der Waals surface area contributed by atoms with E-state index in [1.807, 2.05) is 17.0 Å². The largest absolute Gasteiger partial charge is 0.369 e. The average molecular weight is 288 g/mol. The lowest BCUT2D eigenvalue weighted by molar-refractivity contribution is -0.130. The van der Waals surface area contributed by atoms with Crippen LogP contribution in [0, 0.1) is 0 Å². The van der Waals surface area contributed by atoms with E-state index in [1.165, 1.54) is 6.42 Å². The lowest BCUT2D eigenvalue weighted by Crippen LogP contribution is -2.32. The van der Waals surface area contributed by atoms with Crippen LogP contribution in [-0.2, 0) is 4.79 Å². The summed E-state index contributed by atoms with van der Waals surface area (Å²) in [7, 11) is 0. The monoisotopic (exact) mass is 288 g/mol. The summed E-state index contributed by atoms with van der Waals surface area (Å²) < 4.78 is 1.64. The first-order chi connectivity index (χ1) is 10.3. The lowest BCUT2D eigenvalue weighted by atomic mass is 10.2. The van der Waals surface area contributed by atoms with Crippen molar-refractivity contribution in [3.05, 3.63) is 18.5 Å². The molecule has 0 saturated carbocycles. The Labute approximate surface area is 123 Å². The van der Waals surface area contributed by atoms with Crippen LogP contribution in [0.5, 0.6) is 0 Å². The maximum Gasteiger partial charge on any atom is 0.222 e. The molecule has 0 aliphatic carbocycles. The van der Waals surface area contributed by atoms with Crippen molar-refractivity contribution >= 4 is 17.4 Å². The molecular formula is C14H20N6O. The van der Waals surface area contributed by atoms with E-state index in [0.29, 0.717) is 12.3 Å². The smallest absolute Gasteiger partial charge is 0.222 e.